The second-order valence-electron chi connectivity index (χ2n) is 5.30. The van der Waals surface area contributed by atoms with Gasteiger partial charge in [0.2, 0.25) is 0 Å². The zero-order valence-electron chi connectivity index (χ0n) is 11.3. The van der Waals surface area contributed by atoms with E-state index in [-0.39, 0.29) is 11.6 Å². The largest absolute Gasteiger partial charge is 0.352 e. The molecule has 20 heavy (non-hydrogen) atoms. The standard InChI is InChI=1S/C14H17BrN2O3/c1-9-3-2-4-10(9)8-16-14(18)12-7-11(17(19)20)5-6-13(12)15/h5-7,9-10H,2-4,8H2,1H3,(H,16,18). The zero-order chi connectivity index (χ0) is 14.7. The molecule has 1 amide bonds. The Kier molecular flexibility index (Phi) is 4.75. The predicted molar refractivity (Wildman–Crippen MR) is 79.6 cm³/mol. The summed E-state index contributed by atoms with van der Waals surface area (Å²) in [7, 11) is 0. The molecular formula is C14H17BrN2O3. The lowest BCUT2D eigenvalue weighted by atomic mass is 9.98. The summed E-state index contributed by atoms with van der Waals surface area (Å²) in [5.74, 6) is 0.875. The topological polar surface area (TPSA) is 72.2 Å². The molecule has 0 aromatic heterocycles. The van der Waals surface area contributed by atoms with Crippen LogP contribution in [0.15, 0.2) is 22.7 Å². The summed E-state index contributed by atoms with van der Waals surface area (Å²) in [6.45, 7) is 2.84. The molecule has 2 rings (SSSR count). The van der Waals surface area contributed by atoms with Crippen molar-refractivity contribution in [1.29, 1.82) is 0 Å². The first kappa shape index (κ1) is 15.0. The van der Waals surface area contributed by atoms with Gasteiger partial charge in [-0.2, -0.15) is 0 Å². The highest BCUT2D eigenvalue weighted by molar-refractivity contribution is 9.10. The minimum absolute atomic E-state index is 0.0763. The first-order valence-corrected chi connectivity index (χ1v) is 7.50. The average molecular weight is 341 g/mol. The van der Waals surface area contributed by atoms with Crippen molar-refractivity contribution in [3.63, 3.8) is 0 Å². The van der Waals surface area contributed by atoms with Crippen LogP contribution in [0.3, 0.4) is 0 Å². The van der Waals surface area contributed by atoms with Crippen LogP contribution in [-0.2, 0) is 0 Å². The Morgan fingerprint density at radius 2 is 2.25 bits per heavy atom. The molecule has 0 heterocycles. The van der Waals surface area contributed by atoms with Gasteiger partial charge >= 0.3 is 0 Å². The van der Waals surface area contributed by atoms with E-state index in [1.807, 2.05) is 0 Å². The Labute approximate surface area is 126 Å². The quantitative estimate of drug-likeness (QED) is 0.673. The third-order valence-electron chi connectivity index (χ3n) is 3.97. The Morgan fingerprint density at radius 3 is 2.85 bits per heavy atom. The maximum absolute atomic E-state index is 12.1. The summed E-state index contributed by atoms with van der Waals surface area (Å²) < 4.78 is 0.570. The molecule has 1 N–H and O–H groups in total. The van der Waals surface area contributed by atoms with Crippen molar-refractivity contribution >= 4 is 27.5 Å². The van der Waals surface area contributed by atoms with Crippen LogP contribution in [0.4, 0.5) is 5.69 Å². The number of nitrogens with zero attached hydrogens (tertiary/aromatic N) is 1. The molecule has 5 nitrogen and oxygen atoms in total. The number of amides is 1. The van der Waals surface area contributed by atoms with Crippen LogP contribution in [0.25, 0.3) is 0 Å². The van der Waals surface area contributed by atoms with Crippen molar-refractivity contribution in [2.24, 2.45) is 11.8 Å². The molecular weight excluding hydrogens is 324 g/mol. The highest BCUT2D eigenvalue weighted by atomic mass is 79.9. The van der Waals surface area contributed by atoms with Gasteiger partial charge in [0.15, 0.2) is 0 Å². The summed E-state index contributed by atoms with van der Waals surface area (Å²) in [5, 5.41) is 13.6. The van der Waals surface area contributed by atoms with Crippen molar-refractivity contribution in [2.75, 3.05) is 6.54 Å². The van der Waals surface area contributed by atoms with E-state index in [1.54, 1.807) is 0 Å². The molecule has 1 aliphatic carbocycles. The summed E-state index contributed by atoms with van der Waals surface area (Å²) >= 11 is 3.26. The van der Waals surface area contributed by atoms with E-state index in [4.69, 9.17) is 0 Å². The fourth-order valence-electron chi connectivity index (χ4n) is 2.65. The van der Waals surface area contributed by atoms with Crippen molar-refractivity contribution in [3.05, 3.63) is 38.3 Å². The normalized spacial score (nSPS) is 21.7. The Morgan fingerprint density at radius 1 is 1.50 bits per heavy atom. The van der Waals surface area contributed by atoms with Gasteiger partial charge in [-0.05, 0) is 40.3 Å². The van der Waals surface area contributed by atoms with Crippen LogP contribution >= 0.6 is 15.9 Å². The van der Waals surface area contributed by atoms with E-state index < -0.39 is 4.92 Å². The number of halogens is 1. The maximum atomic E-state index is 12.1. The zero-order valence-corrected chi connectivity index (χ0v) is 12.9. The third-order valence-corrected chi connectivity index (χ3v) is 4.66. The van der Waals surface area contributed by atoms with Gasteiger partial charge in [0.05, 0.1) is 10.5 Å². The minimum Gasteiger partial charge on any atom is -0.352 e. The lowest BCUT2D eigenvalue weighted by Crippen LogP contribution is -2.30. The SMILES string of the molecule is CC1CCCC1CNC(=O)c1cc([N+](=O)[O-])ccc1Br. The van der Waals surface area contributed by atoms with Crippen LogP contribution < -0.4 is 5.32 Å². The Hall–Kier alpha value is -1.43. The molecule has 0 radical (unpaired) electrons. The number of hydrogen-bond donors (Lipinski definition) is 1. The number of carbonyl (C=O) groups is 1. The first-order chi connectivity index (χ1) is 9.49. The summed E-state index contributed by atoms with van der Waals surface area (Å²) in [4.78, 5) is 22.4. The molecule has 0 saturated heterocycles. The number of benzene rings is 1. The fraction of sp³-hybridized carbons (Fsp3) is 0.500. The van der Waals surface area contributed by atoms with E-state index >= 15 is 0 Å². The van der Waals surface area contributed by atoms with E-state index in [0.717, 1.165) is 6.42 Å². The van der Waals surface area contributed by atoms with Gasteiger partial charge < -0.3 is 5.32 Å². The average Bonchev–Trinajstić information content (AvgIpc) is 2.81. The molecule has 6 heteroatoms. The van der Waals surface area contributed by atoms with Crippen LogP contribution in [0.1, 0.15) is 36.5 Å². The summed E-state index contributed by atoms with van der Waals surface area (Å²) in [6.07, 6.45) is 3.56. The minimum atomic E-state index is -0.498. The molecule has 2 unspecified atom stereocenters. The highest BCUT2D eigenvalue weighted by Crippen LogP contribution is 2.30. The number of carbonyl (C=O) groups excluding carboxylic acids is 1. The first-order valence-electron chi connectivity index (χ1n) is 6.71. The molecule has 1 saturated carbocycles. The smallest absolute Gasteiger partial charge is 0.270 e. The number of hydrogen-bond acceptors (Lipinski definition) is 3. The fourth-order valence-corrected chi connectivity index (χ4v) is 3.07. The Balaban J connectivity index is 2.05. The van der Waals surface area contributed by atoms with Gasteiger partial charge in [0.25, 0.3) is 11.6 Å². The van der Waals surface area contributed by atoms with Gasteiger partial charge in [-0.25, -0.2) is 0 Å². The van der Waals surface area contributed by atoms with Crippen LogP contribution in [0.2, 0.25) is 0 Å². The lowest BCUT2D eigenvalue weighted by Gasteiger charge is -2.16. The lowest BCUT2D eigenvalue weighted by molar-refractivity contribution is -0.384. The molecule has 0 bridgehead atoms. The number of rotatable bonds is 4. The van der Waals surface area contributed by atoms with Crippen LogP contribution in [0.5, 0.6) is 0 Å². The van der Waals surface area contributed by atoms with E-state index in [1.165, 1.54) is 31.0 Å². The number of nitrogens with one attached hydrogen (secondary N) is 1. The predicted octanol–water partition coefficient (Wildman–Crippen LogP) is 3.52. The molecule has 108 valence electrons. The van der Waals surface area contributed by atoms with Crippen molar-refractivity contribution in [1.82, 2.24) is 5.32 Å². The second kappa shape index (κ2) is 6.35. The molecule has 1 aromatic carbocycles. The number of nitro groups is 1. The third kappa shape index (κ3) is 3.36. The summed E-state index contributed by atoms with van der Waals surface area (Å²) in [5.41, 5.74) is 0.234. The number of non-ortho nitro benzene ring substituents is 1. The van der Waals surface area contributed by atoms with E-state index in [9.17, 15) is 14.9 Å². The van der Waals surface area contributed by atoms with Gasteiger partial charge in [0, 0.05) is 23.2 Å². The molecule has 2 atom stereocenters. The van der Waals surface area contributed by atoms with Crippen LogP contribution in [0, 0.1) is 22.0 Å². The maximum Gasteiger partial charge on any atom is 0.270 e. The second-order valence-corrected chi connectivity index (χ2v) is 6.15. The van der Waals surface area contributed by atoms with Gasteiger partial charge in [-0.1, -0.05) is 19.8 Å². The number of nitro benzene ring substituents is 1. The van der Waals surface area contributed by atoms with Gasteiger partial charge in [0.1, 0.15) is 0 Å². The molecule has 1 fully saturated rings. The van der Waals surface area contributed by atoms with Gasteiger partial charge in [-0.15, -0.1) is 0 Å². The summed E-state index contributed by atoms with van der Waals surface area (Å²) in [6, 6.07) is 4.21. The van der Waals surface area contributed by atoms with Gasteiger partial charge in [-0.3, -0.25) is 14.9 Å². The molecule has 0 aliphatic heterocycles. The van der Waals surface area contributed by atoms with Crippen LogP contribution in [-0.4, -0.2) is 17.4 Å². The molecule has 0 spiro atoms. The van der Waals surface area contributed by atoms with E-state index in [2.05, 4.69) is 28.2 Å². The monoisotopic (exact) mass is 340 g/mol. The molecule has 1 aromatic rings. The van der Waals surface area contributed by atoms with Crippen molar-refractivity contribution in [2.45, 2.75) is 26.2 Å². The Bertz CT molecular complexity index is 533. The van der Waals surface area contributed by atoms with Crippen molar-refractivity contribution < 1.29 is 9.72 Å². The van der Waals surface area contributed by atoms with Crippen molar-refractivity contribution in [3.8, 4) is 0 Å². The molecule has 1 aliphatic rings. The van der Waals surface area contributed by atoms with E-state index in [0.29, 0.717) is 28.4 Å². The highest BCUT2D eigenvalue weighted by Gasteiger charge is 2.24.